The fraction of sp³-hybridized carbons (Fsp3) is 0.290. The number of methoxy groups -OCH3 is 1. The molecule has 0 bridgehead atoms. The van der Waals surface area contributed by atoms with Crippen molar-refractivity contribution in [1.82, 2.24) is 14.7 Å². The molecule has 1 amide bonds. The Labute approximate surface area is 243 Å². The number of aromatic nitrogens is 2. The third kappa shape index (κ3) is 6.82. The average Bonchev–Trinajstić information content (AvgIpc) is 3.39. The zero-order valence-electron chi connectivity index (χ0n) is 23.5. The van der Waals surface area contributed by atoms with Crippen LogP contribution in [0.15, 0.2) is 78.0 Å². The molecule has 4 N–H and O–H groups in total. The van der Waals surface area contributed by atoms with Crippen LogP contribution in [0.4, 0.5) is 5.69 Å². The van der Waals surface area contributed by atoms with Crippen molar-refractivity contribution in [2.75, 3.05) is 46.6 Å². The van der Waals surface area contributed by atoms with E-state index in [4.69, 9.17) is 29.9 Å². The highest BCUT2D eigenvalue weighted by molar-refractivity contribution is 5.94. The number of morpholine rings is 1. The van der Waals surface area contributed by atoms with Gasteiger partial charge in [-0.15, -0.1) is 0 Å². The van der Waals surface area contributed by atoms with Crippen molar-refractivity contribution in [3.05, 3.63) is 89.8 Å². The first-order valence-corrected chi connectivity index (χ1v) is 13.9. The summed E-state index contributed by atoms with van der Waals surface area (Å²) in [5, 5.41) is 20.5. The second-order valence-corrected chi connectivity index (χ2v) is 9.82. The van der Waals surface area contributed by atoms with Gasteiger partial charge in [-0.05, 0) is 48.0 Å². The van der Waals surface area contributed by atoms with Crippen LogP contribution in [-0.4, -0.2) is 72.3 Å². The first-order chi connectivity index (χ1) is 20.6. The van der Waals surface area contributed by atoms with E-state index in [9.17, 15) is 4.79 Å². The summed E-state index contributed by atoms with van der Waals surface area (Å²) in [6.45, 7) is 3.26. The number of nitrogens with zero attached hydrogens (tertiary/aromatic N) is 4. The number of aliphatic hydroxyl groups excluding tert-OH is 1. The SMILES string of the molecule is COc1ccc(Cn2nc(C(=C[NH2+]c3ccc(C(=O)N4CCOCC4)cc3)N=N)c3cc(OCCCO)ccc32)cc1. The standard InChI is InChI=1S/C31H34N6O5/c1-40-25-9-3-22(4-10-25)21-37-29-12-11-26(42-16-2-15-38)19-27(29)30(35-37)28(34-32)20-33-24-7-5-23(6-8-24)31(39)36-13-17-41-18-14-36/h3-12,19-20,32-33,38H,2,13-18,21H2,1H3/p+1. The van der Waals surface area contributed by atoms with Crippen LogP contribution in [0.3, 0.4) is 0 Å². The van der Waals surface area contributed by atoms with Crippen molar-refractivity contribution >= 4 is 28.2 Å². The van der Waals surface area contributed by atoms with Crippen molar-refractivity contribution in [3.63, 3.8) is 0 Å². The molecular formula is C31H35N6O5+. The Balaban J connectivity index is 1.41. The summed E-state index contributed by atoms with van der Waals surface area (Å²) in [6, 6.07) is 20.9. The number of fused-ring (bicyclic) bond motifs is 1. The van der Waals surface area contributed by atoms with Crippen LogP contribution in [0, 0.1) is 5.53 Å². The molecule has 11 heteroatoms. The van der Waals surface area contributed by atoms with Gasteiger partial charge in [-0.25, -0.2) is 5.53 Å². The lowest BCUT2D eigenvalue weighted by Crippen LogP contribution is -2.71. The normalized spacial score (nSPS) is 13.8. The van der Waals surface area contributed by atoms with Gasteiger partial charge in [0.1, 0.15) is 29.1 Å². The van der Waals surface area contributed by atoms with Crippen molar-refractivity contribution in [2.24, 2.45) is 5.11 Å². The topological polar surface area (TPSA) is 139 Å². The number of benzene rings is 3. The number of amides is 1. The van der Waals surface area contributed by atoms with Gasteiger partial charge in [0.15, 0.2) is 5.70 Å². The molecule has 0 spiro atoms. The maximum absolute atomic E-state index is 12.8. The Morgan fingerprint density at radius 2 is 1.83 bits per heavy atom. The van der Waals surface area contributed by atoms with Crippen molar-refractivity contribution in [3.8, 4) is 11.5 Å². The molecule has 5 rings (SSSR count). The van der Waals surface area contributed by atoms with Crippen LogP contribution < -0.4 is 14.8 Å². The number of nitrogens with one attached hydrogen (secondary N) is 1. The first-order valence-electron chi connectivity index (χ1n) is 13.9. The van der Waals surface area contributed by atoms with E-state index in [0.717, 1.165) is 27.9 Å². The zero-order chi connectivity index (χ0) is 29.3. The molecule has 1 aliphatic rings. The van der Waals surface area contributed by atoms with Crippen LogP contribution >= 0.6 is 0 Å². The fourth-order valence-corrected chi connectivity index (χ4v) is 4.75. The predicted octanol–water partition coefficient (Wildman–Crippen LogP) is 3.55. The highest BCUT2D eigenvalue weighted by Crippen LogP contribution is 2.29. The van der Waals surface area contributed by atoms with Crippen LogP contribution in [0.25, 0.3) is 16.6 Å². The molecule has 3 aromatic carbocycles. The van der Waals surface area contributed by atoms with Gasteiger partial charge >= 0.3 is 0 Å². The van der Waals surface area contributed by atoms with Gasteiger partial charge in [-0.1, -0.05) is 12.1 Å². The molecule has 0 atom stereocenters. The number of hydrogen-bond donors (Lipinski definition) is 3. The predicted molar refractivity (Wildman–Crippen MR) is 157 cm³/mol. The van der Waals surface area contributed by atoms with Crippen LogP contribution in [0.2, 0.25) is 0 Å². The lowest BCUT2D eigenvalue weighted by atomic mass is 10.1. The Morgan fingerprint density at radius 3 is 2.52 bits per heavy atom. The highest BCUT2D eigenvalue weighted by Gasteiger charge is 2.20. The molecule has 0 aliphatic carbocycles. The molecule has 11 nitrogen and oxygen atoms in total. The molecule has 1 aliphatic heterocycles. The fourth-order valence-electron chi connectivity index (χ4n) is 4.75. The van der Waals surface area contributed by atoms with Crippen LogP contribution in [0.1, 0.15) is 28.0 Å². The molecule has 42 heavy (non-hydrogen) atoms. The first kappa shape index (κ1) is 28.9. The van der Waals surface area contributed by atoms with E-state index in [0.29, 0.717) is 68.6 Å². The van der Waals surface area contributed by atoms with Gasteiger partial charge in [0.05, 0.1) is 39.0 Å². The quantitative estimate of drug-likeness (QED) is 0.135. The monoisotopic (exact) mass is 571 g/mol. The van der Waals surface area contributed by atoms with Gasteiger partial charge in [0.25, 0.3) is 5.91 Å². The van der Waals surface area contributed by atoms with E-state index in [-0.39, 0.29) is 12.5 Å². The summed E-state index contributed by atoms with van der Waals surface area (Å²) in [7, 11) is 1.64. The second-order valence-electron chi connectivity index (χ2n) is 9.82. The molecular weight excluding hydrogens is 536 g/mol. The van der Waals surface area contributed by atoms with E-state index >= 15 is 0 Å². The number of hydrogen-bond acceptors (Lipinski definition) is 8. The molecule has 2 heterocycles. The van der Waals surface area contributed by atoms with Gasteiger partial charge in [0, 0.05) is 49.2 Å². The molecule has 4 aromatic rings. The van der Waals surface area contributed by atoms with Crippen molar-refractivity contribution in [2.45, 2.75) is 13.0 Å². The van der Waals surface area contributed by atoms with E-state index in [1.807, 2.05) is 76.7 Å². The maximum Gasteiger partial charge on any atom is 0.254 e. The Bertz CT molecular complexity index is 1540. The molecule has 1 saturated heterocycles. The Hall–Kier alpha value is -4.58. The van der Waals surface area contributed by atoms with E-state index < -0.39 is 0 Å². The smallest absolute Gasteiger partial charge is 0.254 e. The lowest BCUT2D eigenvalue weighted by molar-refractivity contribution is -0.495. The number of rotatable bonds is 12. The van der Waals surface area contributed by atoms with E-state index in [1.165, 1.54) is 0 Å². The number of carbonyl (C=O) groups is 1. The summed E-state index contributed by atoms with van der Waals surface area (Å²) in [5.74, 6) is 1.42. The summed E-state index contributed by atoms with van der Waals surface area (Å²) in [4.78, 5) is 14.6. The van der Waals surface area contributed by atoms with E-state index in [2.05, 4.69) is 5.11 Å². The summed E-state index contributed by atoms with van der Waals surface area (Å²) in [6.07, 6.45) is 2.28. The maximum atomic E-state index is 12.8. The van der Waals surface area contributed by atoms with Crippen molar-refractivity contribution in [1.29, 1.82) is 5.53 Å². The van der Waals surface area contributed by atoms with Crippen molar-refractivity contribution < 1.29 is 29.4 Å². The average molecular weight is 572 g/mol. The van der Waals surface area contributed by atoms with Gasteiger partial charge in [-0.2, -0.15) is 10.2 Å². The van der Waals surface area contributed by atoms with Gasteiger partial charge in [0.2, 0.25) is 0 Å². The third-order valence-electron chi connectivity index (χ3n) is 7.04. The largest absolute Gasteiger partial charge is 0.497 e. The Morgan fingerprint density at radius 1 is 1.10 bits per heavy atom. The number of carbonyl (C=O) groups excluding carboxylic acids is 1. The number of quaternary nitrogens is 1. The highest BCUT2D eigenvalue weighted by atomic mass is 16.5. The molecule has 1 fully saturated rings. The van der Waals surface area contributed by atoms with Gasteiger partial charge in [-0.3, -0.25) is 14.8 Å². The number of nitrogens with two attached hydrogens (primary N) is 1. The summed E-state index contributed by atoms with van der Waals surface area (Å²) < 4.78 is 18.3. The third-order valence-corrected chi connectivity index (χ3v) is 7.04. The molecule has 0 radical (unpaired) electrons. The Kier molecular flexibility index (Phi) is 9.55. The second kappa shape index (κ2) is 13.9. The van der Waals surface area contributed by atoms with Gasteiger partial charge < -0.3 is 24.2 Å². The minimum atomic E-state index is -0.00637. The lowest BCUT2D eigenvalue weighted by Gasteiger charge is -2.26. The number of aliphatic hydroxyl groups is 1. The molecule has 0 saturated carbocycles. The van der Waals surface area contributed by atoms with Crippen LogP contribution in [0.5, 0.6) is 11.5 Å². The number of ether oxygens (including phenoxy) is 3. The van der Waals surface area contributed by atoms with Crippen LogP contribution in [-0.2, 0) is 11.3 Å². The summed E-state index contributed by atoms with van der Waals surface area (Å²) in [5.41, 5.74) is 12.3. The minimum Gasteiger partial charge on any atom is -0.497 e. The molecule has 0 unspecified atom stereocenters. The zero-order valence-corrected chi connectivity index (χ0v) is 23.5. The minimum absolute atomic E-state index is 0.00637. The molecule has 218 valence electrons. The summed E-state index contributed by atoms with van der Waals surface area (Å²) >= 11 is 0. The molecule has 1 aromatic heterocycles. The van der Waals surface area contributed by atoms with E-state index in [1.54, 1.807) is 18.2 Å².